The van der Waals surface area contributed by atoms with Gasteiger partial charge in [-0.05, 0) is 31.2 Å². The molecule has 134 valence electrons. The maximum Gasteiger partial charge on any atom is 0.417 e. The Labute approximate surface area is 143 Å². The molecule has 6 nitrogen and oxygen atoms in total. The Morgan fingerprint density at radius 3 is 2.36 bits per heavy atom. The van der Waals surface area contributed by atoms with Crippen LogP contribution >= 0.6 is 11.6 Å². The van der Waals surface area contributed by atoms with E-state index in [9.17, 15) is 27.9 Å². The molecule has 0 aliphatic heterocycles. The number of aromatic carboxylic acids is 1. The molecule has 0 saturated heterocycles. The van der Waals surface area contributed by atoms with Crippen molar-refractivity contribution in [3.05, 3.63) is 51.9 Å². The number of halogens is 4. The van der Waals surface area contributed by atoms with E-state index >= 15 is 0 Å². The predicted molar refractivity (Wildman–Crippen MR) is 80.9 cm³/mol. The van der Waals surface area contributed by atoms with Crippen LogP contribution in [0, 0.1) is 6.92 Å². The quantitative estimate of drug-likeness (QED) is 0.722. The Morgan fingerprint density at radius 1 is 1.24 bits per heavy atom. The molecule has 1 atom stereocenters. The van der Waals surface area contributed by atoms with Crippen LogP contribution in [-0.2, 0) is 11.0 Å². The van der Waals surface area contributed by atoms with Gasteiger partial charge in [0.15, 0.2) is 6.04 Å². The van der Waals surface area contributed by atoms with Gasteiger partial charge in [0.1, 0.15) is 17.1 Å². The van der Waals surface area contributed by atoms with E-state index in [0.717, 1.165) is 12.1 Å². The van der Waals surface area contributed by atoms with Gasteiger partial charge in [-0.3, -0.25) is 0 Å². The highest BCUT2D eigenvalue weighted by molar-refractivity contribution is 6.31. The lowest BCUT2D eigenvalue weighted by atomic mass is 10.1. The SMILES string of the molecule is Cc1oc(C(Nc2ccc(Cl)c(C(F)(F)F)c2)C(=O)O)cc1C(=O)O. The molecule has 1 unspecified atom stereocenters. The summed E-state index contributed by atoms with van der Waals surface area (Å²) in [5.41, 5.74) is -1.55. The van der Waals surface area contributed by atoms with Crippen molar-refractivity contribution in [1.29, 1.82) is 0 Å². The number of carboxylic acid groups (broad SMARTS) is 2. The number of benzene rings is 1. The van der Waals surface area contributed by atoms with Crippen LogP contribution in [0.15, 0.2) is 28.7 Å². The molecule has 2 rings (SSSR count). The smallest absolute Gasteiger partial charge is 0.417 e. The van der Waals surface area contributed by atoms with E-state index in [2.05, 4.69) is 5.32 Å². The summed E-state index contributed by atoms with van der Waals surface area (Å²) in [5.74, 6) is -3.06. The van der Waals surface area contributed by atoms with Crippen LogP contribution in [0.25, 0.3) is 0 Å². The largest absolute Gasteiger partial charge is 0.479 e. The number of hydrogen-bond donors (Lipinski definition) is 3. The number of rotatable bonds is 5. The summed E-state index contributed by atoms with van der Waals surface area (Å²) in [6.45, 7) is 1.33. The van der Waals surface area contributed by atoms with Crippen LogP contribution in [0.1, 0.15) is 33.5 Å². The first-order chi connectivity index (χ1) is 11.5. The first kappa shape index (κ1) is 18.7. The zero-order valence-corrected chi connectivity index (χ0v) is 13.3. The lowest BCUT2D eigenvalue weighted by Gasteiger charge is -2.16. The van der Waals surface area contributed by atoms with E-state index in [-0.39, 0.29) is 22.8 Å². The molecule has 0 bridgehead atoms. The molecule has 10 heteroatoms. The van der Waals surface area contributed by atoms with Crippen LogP contribution < -0.4 is 5.32 Å². The van der Waals surface area contributed by atoms with Crippen LogP contribution in [0.2, 0.25) is 5.02 Å². The van der Waals surface area contributed by atoms with E-state index in [1.165, 1.54) is 13.0 Å². The van der Waals surface area contributed by atoms with Crippen molar-refractivity contribution in [2.45, 2.75) is 19.1 Å². The van der Waals surface area contributed by atoms with Crippen molar-refractivity contribution < 1.29 is 37.4 Å². The topological polar surface area (TPSA) is 99.8 Å². The minimum absolute atomic E-state index is 0.0253. The van der Waals surface area contributed by atoms with Gasteiger partial charge in [0.05, 0.1) is 10.6 Å². The molecule has 0 saturated carbocycles. The van der Waals surface area contributed by atoms with E-state index in [0.29, 0.717) is 6.07 Å². The average Bonchev–Trinajstić information content (AvgIpc) is 2.86. The van der Waals surface area contributed by atoms with Crippen LogP contribution in [0.3, 0.4) is 0 Å². The maximum atomic E-state index is 12.9. The molecule has 0 aliphatic rings. The fourth-order valence-corrected chi connectivity index (χ4v) is 2.34. The molecule has 1 heterocycles. The number of aliphatic carboxylic acids is 1. The number of nitrogens with one attached hydrogen (secondary N) is 1. The van der Waals surface area contributed by atoms with Crippen molar-refractivity contribution in [1.82, 2.24) is 0 Å². The van der Waals surface area contributed by atoms with Crippen molar-refractivity contribution in [3.63, 3.8) is 0 Å². The number of carbonyl (C=O) groups is 2. The summed E-state index contributed by atoms with van der Waals surface area (Å²) < 4.78 is 43.8. The molecular formula is C15H11ClF3NO5. The van der Waals surface area contributed by atoms with E-state index in [4.69, 9.17) is 21.1 Å². The van der Waals surface area contributed by atoms with Gasteiger partial charge in [0.25, 0.3) is 0 Å². The number of furan rings is 1. The Hall–Kier alpha value is -2.68. The second kappa shape index (κ2) is 6.67. The summed E-state index contributed by atoms with van der Waals surface area (Å²) in [7, 11) is 0. The van der Waals surface area contributed by atoms with Gasteiger partial charge in [-0.25, -0.2) is 9.59 Å². The summed E-state index contributed by atoms with van der Waals surface area (Å²) in [6, 6.07) is 2.22. The zero-order valence-electron chi connectivity index (χ0n) is 12.5. The number of aryl methyl sites for hydroxylation is 1. The van der Waals surface area contributed by atoms with Crippen LogP contribution in [-0.4, -0.2) is 22.2 Å². The van der Waals surface area contributed by atoms with Gasteiger partial charge in [0, 0.05) is 5.69 Å². The van der Waals surface area contributed by atoms with E-state index in [1.54, 1.807) is 0 Å². The molecule has 0 fully saturated rings. The lowest BCUT2D eigenvalue weighted by Crippen LogP contribution is -2.20. The third-order valence-electron chi connectivity index (χ3n) is 3.28. The molecule has 0 radical (unpaired) electrons. The Bertz CT molecular complexity index is 831. The monoisotopic (exact) mass is 377 g/mol. The fourth-order valence-electron chi connectivity index (χ4n) is 2.11. The van der Waals surface area contributed by atoms with Gasteiger partial charge < -0.3 is 19.9 Å². The van der Waals surface area contributed by atoms with Gasteiger partial charge in [-0.15, -0.1) is 0 Å². The average molecular weight is 378 g/mol. The highest BCUT2D eigenvalue weighted by Gasteiger charge is 2.34. The van der Waals surface area contributed by atoms with Crippen molar-refractivity contribution >= 4 is 29.2 Å². The summed E-state index contributed by atoms with van der Waals surface area (Å²) in [4.78, 5) is 22.4. The number of hydrogen-bond acceptors (Lipinski definition) is 4. The third-order valence-corrected chi connectivity index (χ3v) is 3.61. The molecular weight excluding hydrogens is 367 g/mol. The minimum Gasteiger partial charge on any atom is -0.479 e. The fraction of sp³-hybridized carbons (Fsp3) is 0.200. The van der Waals surface area contributed by atoms with Gasteiger partial charge in [0.2, 0.25) is 0 Å². The van der Waals surface area contributed by atoms with Gasteiger partial charge in [-0.2, -0.15) is 13.2 Å². The molecule has 25 heavy (non-hydrogen) atoms. The van der Waals surface area contributed by atoms with Crippen molar-refractivity contribution in [2.24, 2.45) is 0 Å². The Kier molecular flexibility index (Phi) is 4.98. The van der Waals surface area contributed by atoms with E-state index in [1.807, 2.05) is 0 Å². The molecule has 0 aliphatic carbocycles. The molecule has 1 aromatic carbocycles. The first-order valence-corrected chi connectivity index (χ1v) is 7.08. The summed E-state index contributed by atoms with van der Waals surface area (Å²) in [6.07, 6.45) is -4.72. The highest BCUT2D eigenvalue weighted by Crippen LogP contribution is 2.37. The van der Waals surface area contributed by atoms with Gasteiger partial charge >= 0.3 is 18.1 Å². The Balaban J connectivity index is 2.39. The summed E-state index contributed by atoms with van der Waals surface area (Å²) >= 11 is 5.51. The van der Waals surface area contributed by atoms with Gasteiger partial charge in [-0.1, -0.05) is 11.6 Å². The second-order valence-electron chi connectivity index (χ2n) is 5.03. The normalized spacial score (nSPS) is 12.7. The molecule has 2 aromatic rings. The van der Waals surface area contributed by atoms with Crippen LogP contribution in [0.5, 0.6) is 0 Å². The zero-order chi connectivity index (χ0) is 18.9. The summed E-state index contributed by atoms with van der Waals surface area (Å²) in [5, 5.41) is 20.1. The molecule has 0 amide bonds. The lowest BCUT2D eigenvalue weighted by molar-refractivity contribution is -0.138. The standard InChI is InChI=1S/C15H11ClF3NO5/c1-6-8(13(21)22)5-11(25-6)12(14(23)24)20-7-2-3-10(16)9(4-7)15(17,18)19/h2-5,12,20H,1H3,(H,21,22)(H,23,24). The van der Waals surface area contributed by atoms with Crippen molar-refractivity contribution in [3.8, 4) is 0 Å². The Morgan fingerprint density at radius 2 is 1.88 bits per heavy atom. The second-order valence-corrected chi connectivity index (χ2v) is 5.44. The first-order valence-electron chi connectivity index (χ1n) is 6.70. The minimum atomic E-state index is -4.72. The van der Waals surface area contributed by atoms with Crippen LogP contribution in [0.4, 0.5) is 18.9 Å². The molecule has 3 N–H and O–H groups in total. The maximum absolute atomic E-state index is 12.9. The van der Waals surface area contributed by atoms with Crippen molar-refractivity contribution in [2.75, 3.05) is 5.32 Å². The van der Waals surface area contributed by atoms with E-state index < -0.39 is 34.7 Å². The highest BCUT2D eigenvalue weighted by atomic mass is 35.5. The molecule has 0 spiro atoms. The number of alkyl halides is 3. The number of carboxylic acids is 2. The number of anilines is 1. The predicted octanol–water partition coefficient (Wildman–Crippen LogP) is 4.20. The third kappa shape index (κ3) is 4.05. The molecule has 1 aromatic heterocycles.